The van der Waals surface area contributed by atoms with Crippen molar-refractivity contribution < 1.29 is 9.53 Å². The molecular weight excluding hydrogens is 192 g/mol. The monoisotopic (exact) mass is 212 g/mol. The SMILES string of the molecule is O=C(NCCC1CCC1)NC1CCOC1. The van der Waals surface area contributed by atoms with Gasteiger partial charge in [-0.1, -0.05) is 19.3 Å². The molecule has 1 aliphatic heterocycles. The first-order valence-electron chi connectivity index (χ1n) is 5.96. The Morgan fingerprint density at radius 2 is 2.20 bits per heavy atom. The fourth-order valence-electron chi connectivity index (χ4n) is 2.06. The van der Waals surface area contributed by atoms with Crippen molar-refractivity contribution in [2.45, 2.75) is 38.1 Å². The van der Waals surface area contributed by atoms with Gasteiger partial charge in [0.05, 0.1) is 12.6 Å². The van der Waals surface area contributed by atoms with Crippen molar-refractivity contribution in [3.8, 4) is 0 Å². The minimum Gasteiger partial charge on any atom is -0.379 e. The molecule has 1 heterocycles. The third-order valence-corrected chi connectivity index (χ3v) is 3.33. The first kappa shape index (κ1) is 10.7. The van der Waals surface area contributed by atoms with Gasteiger partial charge in [0.2, 0.25) is 0 Å². The fraction of sp³-hybridized carbons (Fsp3) is 0.909. The number of hydrogen-bond acceptors (Lipinski definition) is 2. The number of carbonyl (C=O) groups is 1. The van der Waals surface area contributed by atoms with Gasteiger partial charge >= 0.3 is 6.03 Å². The summed E-state index contributed by atoms with van der Waals surface area (Å²) in [5, 5.41) is 5.82. The Balaban J connectivity index is 1.51. The molecule has 2 amide bonds. The van der Waals surface area contributed by atoms with Crippen LogP contribution in [0.3, 0.4) is 0 Å². The molecule has 4 nitrogen and oxygen atoms in total. The Morgan fingerprint density at radius 3 is 2.80 bits per heavy atom. The van der Waals surface area contributed by atoms with Crippen LogP contribution in [-0.4, -0.2) is 31.8 Å². The van der Waals surface area contributed by atoms with Gasteiger partial charge in [-0.05, 0) is 18.8 Å². The summed E-state index contributed by atoms with van der Waals surface area (Å²) in [6, 6.07) is 0.179. The van der Waals surface area contributed by atoms with E-state index in [0.717, 1.165) is 31.9 Å². The number of urea groups is 1. The molecule has 15 heavy (non-hydrogen) atoms. The van der Waals surface area contributed by atoms with Crippen LogP contribution in [0.2, 0.25) is 0 Å². The van der Waals surface area contributed by atoms with Gasteiger partial charge in [0, 0.05) is 13.2 Å². The number of hydrogen-bond donors (Lipinski definition) is 2. The van der Waals surface area contributed by atoms with Gasteiger partial charge in [-0.3, -0.25) is 0 Å². The molecular formula is C11H20N2O2. The molecule has 1 atom stereocenters. The zero-order chi connectivity index (χ0) is 10.5. The summed E-state index contributed by atoms with van der Waals surface area (Å²) in [4.78, 5) is 11.4. The smallest absolute Gasteiger partial charge is 0.315 e. The van der Waals surface area contributed by atoms with E-state index in [2.05, 4.69) is 10.6 Å². The predicted molar refractivity (Wildman–Crippen MR) is 57.7 cm³/mol. The number of nitrogens with one attached hydrogen (secondary N) is 2. The highest BCUT2D eigenvalue weighted by Crippen LogP contribution is 2.28. The van der Waals surface area contributed by atoms with Crippen molar-refractivity contribution in [1.29, 1.82) is 0 Å². The van der Waals surface area contributed by atoms with Gasteiger partial charge in [-0.2, -0.15) is 0 Å². The molecule has 4 heteroatoms. The molecule has 1 unspecified atom stereocenters. The van der Waals surface area contributed by atoms with Crippen LogP contribution in [0, 0.1) is 5.92 Å². The van der Waals surface area contributed by atoms with Crippen LogP contribution in [0.15, 0.2) is 0 Å². The topological polar surface area (TPSA) is 50.4 Å². The van der Waals surface area contributed by atoms with Crippen LogP contribution in [-0.2, 0) is 4.74 Å². The Bertz CT molecular complexity index is 211. The molecule has 2 fully saturated rings. The summed E-state index contributed by atoms with van der Waals surface area (Å²) in [6.07, 6.45) is 6.14. The van der Waals surface area contributed by atoms with Crippen molar-refractivity contribution in [2.24, 2.45) is 5.92 Å². The summed E-state index contributed by atoms with van der Waals surface area (Å²) in [7, 11) is 0. The maximum atomic E-state index is 11.4. The van der Waals surface area contributed by atoms with E-state index in [-0.39, 0.29) is 12.1 Å². The molecule has 0 bridgehead atoms. The summed E-state index contributed by atoms with van der Waals surface area (Å²) in [5.41, 5.74) is 0. The molecule has 1 saturated carbocycles. The lowest BCUT2D eigenvalue weighted by atomic mass is 9.83. The maximum absolute atomic E-state index is 11.4. The first-order valence-corrected chi connectivity index (χ1v) is 5.96. The van der Waals surface area contributed by atoms with Gasteiger partial charge in [0.1, 0.15) is 0 Å². The summed E-state index contributed by atoms with van der Waals surface area (Å²) in [6.45, 7) is 2.24. The molecule has 86 valence electrons. The zero-order valence-electron chi connectivity index (χ0n) is 9.13. The molecule has 2 aliphatic rings. The van der Waals surface area contributed by atoms with Crippen LogP contribution in [0.1, 0.15) is 32.1 Å². The van der Waals surface area contributed by atoms with Crippen LogP contribution in [0.5, 0.6) is 0 Å². The molecule has 0 radical (unpaired) electrons. The Kier molecular flexibility index (Phi) is 3.83. The number of rotatable bonds is 4. The predicted octanol–water partition coefficient (Wildman–Crippen LogP) is 1.26. The van der Waals surface area contributed by atoms with E-state index < -0.39 is 0 Å². The molecule has 0 aromatic rings. The largest absolute Gasteiger partial charge is 0.379 e. The van der Waals surface area contributed by atoms with Crippen molar-refractivity contribution in [3.05, 3.63) is 0 Å². The molecule has 1 saturated heterocycles. The molecule has 2 N–H and O–H groups in total. The summed E-state index contributed by atoms with van der Waals surface area (Å²) < 4.78 is 5.18. The van der Waals surface area contributed by atoms with E-state index in [1.807, 2.05) is 0 Å². The molecule has 0 spiro atoms. The third kappa shape index (κ3) is 3.38. The Labute approximate surface area is 90.8 Å². The number of ether oxygens (including phenoxy) is 1. The van der Waals surface area contributed by atoms with Crippen LogP contribution in [0.4, 0.5) is 4.79 Å². The van der Waals surface area contributed by atoms with E-state index in [1.165, 1.54) is 19.3 Å². The average molecular weight is 212 g/mol. The van der Waals surface area contributed by atoms with Crippen molar-refractivity contribution in [1.82, 2.24) is 10.6 Å². The van der Waals surface area contributed by atoms with Gasteiger partial charge < -0.3 is 15.4 Å². The minimum absolute atomic E-state index is 0.0372. The lowest BCUT2D eigenvalue weighted by Crippen LogP contribution is -2.43. The molecule has 2 rings (SSSR count). The van der Waals surface area contributed by atoms with Crippen molar-refractivity contribution in [2.75, 3.05) is 19.8 Å². The highest BCUT2D eigenvalue weighted by atomic mass is 16.5. The maximum Gasteiger partial charge on any atom is 0.315 e. The lowest BCUT2D eigenvalue weighted by molar-refractivity contribution is 0.188. The van der Waals surface area contributed by atoms with E-state index in [4.69, 9.17) is 4.74 Å². The Morgan fingerprint density at radius 1 is 1.33 bits per heavy atom. The van der Waals surface area contributed by atoms with Crippen molar-refractivity contribution >= 4 is 6.03 Å². The highest BCUT2D eigenvalue weighted by Gasteiger charge is 2.19. The zero-order valence-corrected chi connectivity index (χ0v) is 9.13. The average Bonchev–Trinajstić information content (AvgIpc) is 2.62. The third-order valence-electron chi connectivity index (χ3n) is 3.33. The molecule has 0 aromatic carbocycles. The molecule has 0 aromatic heterocycles. The first-order chi connectivity index (χ1) is 7.34. The van der Waals surface area contributed by atoms with Gasteiger partial charge in [-0.15, -0.1) is 0 Å². The highest BCUT2D eigenvalue weighted by molar-refractivity contribution is 5.74. The van der Waals surface area contributed by atoms with Gasteiger partial charge in [-0.25, -0.2) is 4.79 Å². The normalized spacial score (nSPS) is 26.0. The van der Waals surface area contributed by atoms with Crippen LogP contribution >= 0.6 is 0 Å². The number of amides is 2. The van der Waals surface area contributed by atoms with Crippen LogP contribution in [0.25, 0.3) is 0 Å². The van der Waals surface area contributed by atoms with E-state index >= 15 is 0 Å². The second-order valence-corrected chi connectivity index (χ2v) is 4.55. The summed E-state index contributed by atoms with van der Waals surface area (Å²) in [5.74, 6) is 0.861. The van der Waals surface area contributed by atoms with E-state index in [9.17, 15) is 4.79 Å². The minimum atomic E-state index is -0.0372. The fourth-order valence-corrected chi connectivity index (χ4v) is 2.06. The van der Waals surface area contributed by atoms with Crippen molar-refractivity contribution in [3.63, 3.8) is 0 Å². The second kappa shape index (κ2) is 5.35. The van der Waals surface area contributed by atoms with Crippen LogP contribution < -0.4 is 10.6 Å². The Hall–Kier alpha value is -0.770. The van der Waals surface area contributed by atoms with Gasteiger partial charge in [0.15, 0.2) is 0 Å². The standard InChI is InChI=1S/C11H20N2O2/c14-11(13-10-5-7-15-8-10)12-6-4-9-2-1-3-9/h9-10H,1-8H2,(H2,12,13,14). The summed E-state index contributed by atoms with van der Waals surface area (Å²) >= 11 is 0. The number of carbonyl (C=O) groups excluding carboxylic acids is 1. The lowest BCUT2D eigenvalue weighted by Gasteiger charge is -2.25. The molecule has 1 aliphatic carbocycles. The van der Waals surface area contributed by atoms with E-state index in [1.54, 1.807) is 0 Å². The van der Waals surface area contributed by atoms with Gasteiger partial charge in [0.25, 0.3) is 0 Å². The second-order valence-electron chi connectivity index (χ2n) is 4.55. The quantitative estimate of drug-likeness (QED) is 0.737. The van der Waals surface area contributed by atoms with E-state index in [0.29, 0.717) is 6.61 Å².